The van der Waals surface area contributed by atoms with Gasteiger partial charge in [0.2, 0.25) is 5.13 Å². The molecule has 1 aliphatic rings. The highest BCUT2D eigenvalue weighted by Gasteiger charge is 2.16. The Labute approximate surface area is 187 Å². The first-order valence-corrected chi connectivity index (χ1v) is 11.8. The van der Waals surface area contributed by atoms with Crippen LogP contribution < -0.4 is 5.32 Å². The first-order chi connectivity index (χ1) is 14.6. The standard InChI is InChI=1S/C19H23N7S2.C2H6/c1-14-3-5-15(6-4-14)27-17-12-20-16(11-21-17)22-19-24-23-18(28-19)13-26-9-7-25(2)8-10-26;1-2/h3-6,11-12H,7-10,13H2,1-2H3,(H,20,22,24);1-2H3. The van der Waals surface area contributed by atoms with Crippen molar-refractivity contribution in [3.8, 4) is 0 Å². The van der Waals surface area contributed by atoms with Crippen LogP contribution in [0.4, 0.5) is 10.9 Å². The van der Waals surface area contributed by atoms with Gasteiger partial charge in [0.25, 0.3) is 0 Å². The Kier molecular flexibility index (Phi) is 8.56. The minimum absolute atomic E-state index is 0.676. The first kappa shape index (κ1) is 22.6. The van der Waals surface area contributed by atoms with E-state index in [0.29, 0.717) is 5.82 Å². The minimum atomic E-state index is 0.676. The molecule has 1 fully saturated rings. The van der Waals surface area contributed by atoms with E-state index in [2.05, 4.69) is 73.5 Å². The Bertz CT molecular complexity index is 888. The lowest BCUT2D eigenvalue weighted by Crippen LogP contribution is -2.43. The van der Waals surface area contributed by atoms with Crippen molar-refractivity contribution >= 4 is 34.0 Å². The zero-order valence-electron chi connectivity index (χ0n) is 18.0. The maximum Gasteiger partial charge on any atom is 0.211 e. The highest BCUT2D eigenvalue weighted by Crippen LogP contribution is 2.26. The third-order valence-electron chi connectivity index (χ3n) is 4.53. The second kappa shape index (κ2) is 11.4. The number of anilines is 2. The molecule has 0 unspecified atom stereocenters. The molecule has 1 saturated heterocycles. The normalized spacial score (nSPS) is 14.8. The lowest BCUT2D eigenvalue weighted by molar-refractivity contribution is 0.148. The SMILES string of the molecule is CC.Cc1ccc(Sc2cnc(Nc3nnc(CN4CCN(C)CC4)s3)cn2)cc1. The molecule has 3 aromatic rings. The van der Waals surface area contributed by atoms with Crippen molar-refractivity contribution in [1.29, 1.82) is 0 Å². The third-order valence-corrected chi connectivity index (χ3v) is 6.28. The number of nitrogens with one attached hydrogen (secondary N) is 1. The van der Waals surface area contributed by atoms with Crippen LogP contribution in [0, 0.1) is 6.92 Å². The maximum atomic E-state index is 4.48. The largest absolute Gasteiger partial charge is 0.313 e. The van der Waals surface area contributed by atoms with Gasteiger partial charge in [-0.05, 0) is 26.1 Å². The highest BCUT2D eigenvalue weighted by atomic mass is 32.2. The molecular weight excluding hydrogens is 414 g/mol. The van der Waals surface area contributed by atoms with Crippen LogP contribution in [0.25, 0.3) is 0 Å². The summed E-state index contributed by atoms with van der Waals surface area (Å²) >= 11 is 3.17. The van der Waals surface area contributed by atoms with Crippen molar-refractivity contribution in [2.45, 2.75) is 37.2 Å². The van der Waals surface area contributed by atoms with E-state index in [-0.39, 0.29) is 0 Å². The van der Waals surface area contributed by atoms with Gasteiger partial charge >= 0.3 is 0 Å². The maximum absolute atomic E-state index is 4.48. The van der Waals surface area contributed by atoms with E-state index in [1.54, 1.807) is 35.5 Å². The Morgan fingerprint density at radius 3 is 2.40 bits per heavy atom. The lowest BCUT2D eigenvalue weighted by Gasteiger charge is -2.31. The van der Waals surface area contributed by atoms with Crippen LogP contribution in [-0.4, -0.2) is 63.2 Å². The molecule has 30 heavy (non-hydrogen) atoms. The van der Waals surface area contributed by atoms with Crippen LogP contribution >= 0.6 is 23.1 Å². The van der Waals surface area contributed by atoms with E-state index in [9.17, 15) is 0 Å². The van der Waals surface area contributed by atoms with Gasteiger partial charge in [-0.3, -0.25) is 4.90 Å². The molecule has 0 atom stereocenters. The quantitative estimate of drug-likeness (QED) is 0.605. The molecule has 0 bridgehead atoms. The predicted octanol–water partition coefficient (Wildman–Crippen LogP) is 4.30. The molecule has 1 aliphatic heterocycles. The van der Waals surface area contributed by atoms with Gasteiger partial charge < -0.3 is 10.2 Å². The van der Waals surface area contributed by atoms with Gasteiger partial charge in [-0.25, -0.2) is 9.97 Å². The van der Waals surface area contributed by atoms with Gasteiger partial charge in [0, 0.05) is 31.1 Å². The molecule has 0 aliphatic carbocycles. The van der Waals surface area contributed by atoms with E-state index < -0.39 is 0 Å². The van der Waals surface area contributed by atoms with Gasteiger partial charge in [-0.1, -0.05) is 54.6 Å². The van der Waals surface area contributed by atoms with Crippen molar-refractivity contribution < 1.29 is 0 Å². The molecule has 160 valence electrons. The summed E-state index contributed by atoms with van der Waals surface area (Å²) in [6, 6.07) is 8.38. The molecule has 3 heterocycles. The average Bonchev–Trinajstić information content (AvgIpc) is 3.21. The van der Waals surface area contributed by atoms with Crippen molar-refractivity contribution in [3.63, 3.8) is 0 Å². The molecule has 1 N–H and O–H groups in total. The Balaban J connectivity index is 0.00000124. The topological polar surface area (TPSA) is 70.1 Å². The smallest absolute Gasteiger partial charge is 0.211 e. The first-order valence-electron chi connectivity index (χ1n) is 10.2. The fourth-order valence-electron chi connectivity index (χ4n) is 2.84. The van der Waals surface area contributed by atoms with Crippen LogP contribution in [0.2, 0.25) is 0 Å². The Hall–Kier alpha value is -2.07. The van der Waals surface area contributed by atoms with Crippen LogP contribution in [0.5, 0.6) is 0 Å². The molecule has 9 heteroatoms. The predicted molar refractivity (Wildman–Crippen MR) is 125 cm³/mol. The Morgan fingerprint density at radius 2 is 1.73 bits per heavy atom. The van der Waals surface area contributed by atoms with Crippen molar-refractivity contribution in [3.05, 3.63) is 47.2 Å². The van der Waals surface area contributed by atoms with E-state index in [4.69, 9.17) is 0 Å². The molecule has 0 amide bonds. The second-order valence-electron chi connectivity index (χ2n) is 6.86. The van der Waals surface area contributed by atoms with Crippen LogP contribution in [0.1, 0.15) is 24.4 Å². The minimum Gasteiger partial charge on any atom is -0.313 e. The number of benzene rings is 1. The number of hydrogen-bond donors (Lipinski definition) is 1. The van der Waals surface area contributed by atoms with E-state index in [1.807, 2.05) is 13.8 Å². The van der Waals surface area contributed by atoms with E-state index >= 15 is 0 Å². The van der Waals surface area contributed by atoms with Crippen LogP contribution in [0.15, 0.2) is 46.6 Å². The Morgan fingerprint density at radius 1 is 1.00 bits per heavy atom. The number of likely N-dealkylation sites (N-methyl/N-ethyl adjacent to an activating group) is 1. The summed E-state index contributed by atoms with van der Waals surface area (Å²) in [5.74, 6) is 0.676. The summed E-state index contributed by atoms with van der Waals surface area (Å²) in [5.41, 5.74) is 1.25. The van der Waals surface area contributed by atoms with Gasteiger partial charge in [-0.2, -0.15) is 0 Å². The fourth-order valence-corrected chi connectivity index (χ4v) is 4.35. The number of aryl methyl sites for hydroxylation is 1. The van der Waals surface area contributed by atoms with Gasteiger partial charge in [-0.15, -0.1) is 10.2 Å². The number of aromatic nitrogens is 4. The zero-order chi connectivity index (χ0) is 21.3. The summed E-state index contributed by atoms with van der Waals surface area (Å²) in [6.45, 7) is 11.3. The summed E-state index contributed by atoms with van der Waals surface area (Å²) < 4.78 is 0. The fraction of sp³-hybridized carbons (Fsp3) is 0.429. The molecule has 7 nitrogen and oxygen atoms in total. The monoisotopic (exact) mass is 443 g/mol. The molecule has 0 spiro atoms. The van der Waals surface area contributed by atoms with Crippen molar-refractivity contribution in [2.24, 2.45) is 0 Å². The molecule has 0 radical (unpaired) electrons. The molecule has 1 aromatic carbocycles. The second-order valence-corrected chi connectivity index (χ2v) is 9.02. The van der Waals surface area contributed by atoms with Gasteiger partial charge in [0.15, 0.2) is 5.82 Å². The van der Waals surface area contributed by atoms with E-state index in [0.717, 1.165) is 52.8 Å². The van der Waals surface area contributed by atoms with Gasteiger partial charge in [0.05, 0.1) is 18.9 Å². The molecule has 2 aromatic heterocycles. The summed E-state index contributed by atoms with van der Waals surface area (Å²) in [4.78, 5) is 14.9. The molecule has 4 rings (SSSR count). The lowest BCUT2D eigenvalue weighted by atomic mass is 10.2. The van der Waals surface area contributed by atoms with Crippen molar-refractivity contribution in [2.75, 3.05) is 38.5 Å². The third kappa shape index (κ3) is 6.73. The molecular formula is C21H29N7S2. The summed E-state index contributed by atoms with van der Waals surface area (Å²) in [6.07, 6.45) is 3.51. The molecule has 0 saturated carbocycles. The van der Waals surface area contributed by atoms with Crippen LogP contribution in [0.3, 0.4) is 0 Å². The number of hydrogen-bond acceptors (Lipinski definition) is 9. The van der Waals surface area contributed by atoms with Gasteiger partial charge in [0.1, 0.15) is 10.0 Å². The zero-order valence-corrected chi connectivity index (χ0v) is 19.6. The van der Waals surface area contributed by atoms with Crippen LogP contribution in [-0.2, 0) is 6.54 Å². The highest BCUT2D eigenvalue weighted by molar-refractivity contribution is 7.99. The van der Waals surface area contributed by atoms with E-state index in [1.165, 1.54) is 5.56 Å². The van der Waals surface area contributed by atoms with Crippen molar-refractivity contribution in [1.82, 2.24) is 30.0 Å². The average molecular weight is 444 g/mol. The number of piperazine rings is 1. The number of rotatable bonds is 6. The number of nitrogens with zero attached hydrogens (tertiary/aromatic N) is 6. The summed E-state index contributed by atoms with van der Waals surface area (Å²) in [7, 11) is 2.16. The summed E-state index contributed by atoms with van der Waals surface area (Å²) in [5, 5.41) is 14.4.